The molecule has 0 aromatic heterocycles. The molecule has 0 aromatic rings. The molecular formula is C43H78O6. The molecule has 0 heterocycles. The van der Waals surface area contributed by atoms with Crippen LogP contribution in [0.2, 0.25) is 0 Å². The summed E-state index contributed by atoms with van der Waals surface area (Å²) in [6, 6.07) is 0. The minimum absolute atomic E-state index is 0.101. The lowest BCUT2D eigenvalue weighted by Crippen LogP contribution is -2.28. The number of allylic oxidation sites excluding steroid dienone is 4. The molecule has 1 N–H and O–H groups in total. The lowest BCUT2D eigenvalue weighted by Gasteiger charge is -2.15. The van der Waals surface area contributed by atoms with E-state index in [1.165, 1.54) is 109 Å². The molecule has 0 saturated carbocycles. The fourth-order valence-electron chi connectivity index (χ4n) is 5.96. The van der Waals surface area contributed by atoms with Gasteiger partial charge in [-0.3, -0.25) is 14.4 Å². The van der Waals surface area contributed by atoms with Gasteiger partial charge in [-0.05, 0) is 44.1 Å². The SMILES string of the molecule is CCCCC/C=C\C=C\C(=O)CCCCCCCC(=O)O[C@@H](CO)COC(=O)CCCCCCCCCCCCCCCCCCC(C)C. The van der Waals surface area contributed by atoms with Gasteiger partial charge < -0.3 is 14.6 Å². The zero-order valence-corrected chi connectivity index (χ0v) is 32.4. The molecule has 0 unspecified atom stereocenters. The van der Waals surface area contributed by atoms with Crippen molar-refractivity contribution in [3.63, 3.8) is 0 Å². The summed E-state index contributed by atoms with van der Waals surface area (Å²) in [5.41, 5.74) is 0. The molecule has 0 rings (SSSR count). The maximum absolute atomic E-state index is 12.2. The molecule has 0 spiro atoms. The van der Waals surface area contributed by atoms with E-state index < -0.39 is 6.10 Å². The van der Waals surface area contributed by atoms with Crippen LogP contribution in [0, 0.1) is 5.92 Å². The summed E-state index contributed by atoms with van der Waals surface area (Å²) < 4.78 is 10.6. The van der Waals surface area contributed by atoms with Gasteiger partial charge in [0.2, 0.25) is 0 Å². The first-order valence-electron chi connectivity index (χ1n) is 20.7. The average Bonchev–Trinajstić information content (AvgIpc) is 3.08. The predicted octanol–water partition coefficient (Wildman–Crippen LogP) is 12.1. The number of carbonyl (C=O) groups excluding carboxylic acids is 3. The third-order valence-corrected chi connectivity index (χ3v) is 9.15. The van der Waals surface area contributed by atoms with Crippen molar-refractivity contribution in [1.29, 1.82) is 0 Å². The number of carbonyl (C=O) groups is 3. The van der Waals surface area contributed by atoms with Crippen LogP contribution in [-0.2, 0) is 23.9 Å². The number of hydrogen-bond acceptors (Lipinski definition) is 6. The highest BCUT2D eigenvalue weighted by atomic mass is 16.6. The van der Waals surface area contributed by atoms with Crippen LogP contribution in [0.25, 0.3) is 0 Å². The molecule has 0 aliphatic carbocycles. The molecule has 0 amide bonds. The molecule has 49 heavy (non-hydrogen) atoms. The van der Waals surface area contributed by atoms with Crippen LogP contribution in [0.5, 0.6) is 0 Å². The second-order valence-electron chi connectivity index (χ2n) is 14.6. The van der Waals surface area contributed by atoms with Crippen LogP contribution in [0.15, 0.2) is 24.3 Å². The third kappa shape index (κ3) is 37.1. The topological polar surface area (TPSA) is 89.9 Å². The molecule has 1 atom stereocenters. The zero-order valence-electron chi connectivity index (χ0n) is 32.4. The van der Waals surface area contributed by atoms with E-state index in [1.807, 2.05) is 12.2 Å². The number of aliphatic hydroxyl groups is 1. The van der Waals surface area contributed by atoms with E-state index >= 15 is 0 Å². The van der Waals surface area contributed by atoms with Gasteiger partial charge in [-0.2, -0.15) is 0 Å². The van der Waals surface area contributed by atoms with Gasteiger partial charge in [0.25, 0.3) is 0 Å². The second kappa shape index (κ2) is 37.3. The molecule has 0 saturated heterocycles. The van der Waals surface area contributed by atoms with Crippen molar-refractivity contribution in [2.24, 2.45) is 5.92 Å². The van der Waals surface area contributed by atoms with Gasteiger partial charge in [0.05, 0.1) is 6.61 Å². The van der Waals surface area contributed by atoms with Crippen molar-refractivity contribution in [3.05, 3.63) is 24.3 Å². The van der Waals surface area contributed by atoms with Crippen LogP contribution in [0.1, 0.15) is 207 Å². The first-order valence-corrected chi connectivity index (χ1v) is 20.7. The largest absolute Gasteiger partial charge is 0.462 e. The summed E-state index contributed by atoms with van der Waals surface area (Å²) in [4.78, 5) is 36.2. The Morgan fingerprint density at radius 2 is 1.04 bits per heavy atom. The summed E-state index contributed by atoms with van der Waals surface area (Å²) in [5.74, 6) is 0.331. The van der Waals surface area contributed by atoms with E-state index in [2.05, 4.69) is 26.8 Å². The first kappa shape index (κ1) is 47.0. The Labute approximate surface area is 302 Å². The lowest BCUT2D eigenvalue weighted by atomic mass is 10.0. The summed E-state index contributed by atoms with van der Waals surface area (Å²) in [5, 5.41) is 9.55. The molecular weight excluding hydrogens is 612 g/mol. The summed E-state index contributed by atoms with van der Waals surface area (Å²) in [6.07, 6.45) is 39.2. The molecule has 0 radical (unpaired) electrons. The monoisotopic (exact) mass is 691 g/mol. The van der Waals surface area contributed by atoms with Gasteiger partial charge in [0.1, 0.15) is 6.61 Å². The Morgan fingerprint density at radius 3 is 1.53 bits per heavy atom. The first-order chi connectivity index (χ1) is 23.9. The van der Waals surface area contributed by atoms with E-state index in [4.69, 9.17) is 9.47 Å². The van der Waals surface area contributed by atoms with Gasteiger partial charge >= 0.3 is 11.9 Å². The average molecular weight is 691 g/mol. The van der Waals surface area contributed by atoms with E-state index in [9.17, 15) is 19.5 Å². The number of rotatable bonds is 37. The molecule has 0 aliphatic rings. The van der Waals surface area contributed by atoms with E-state index in [-0.39, 0.29) is 37.4 Å². The van der Waals surface area contributed by atoms with Crippen molar-refractivity contribution in [2.45, 2.75) is 213 Å². The maximum atomic E-state index is 12.2. The minimum Gasteiger partial charge on any atom is -0.462 e. The fourth-order valence-corrected chi connectivity index (χ4v) is 5.96. The fraction of sp³-hybridized carbons (Fsp3) is 0.837. The molecule has 286 valence electrons. The number of aliphatic hydroxyl groups excluding tert-OH is 1. The number of ketones is 1. The van der Waals surface area contributed by atoms with Crippen LogP contribution in [0.4, 0.5) is 0 Å². The normalized spacial score (nSPS) is 12.3. The maximum Gasteiger partial charge on any atom is 0.306 e. The summed E-state index contributed by atoms with van der Waals surface area (Å²) >= 11 is 0. The second-order valence-corrected chi connectivity index (χ2v) is 14.6. The zero-order chi connectivity index (χ0) is 36.0. The van der Waals surface area contributed by atoms with Crippen molar-refractivity contribution in [1.82, 2.24) is 0 Å². The number of hydrogen-bond donors (Lipinski definition) is 1. The van der Waals surface area contributed by atoms with Gasteiger partial charge in [0, 0.05) is 19.3 Å². The van der Waals surface area contributed by atoms with E-state index in [0.717, 1.165) is 57.3 Å². The highest BCUT2D eigenvalue weighted by molar-refractivity contribution is 5.89. The lowest BCUT2D eigenvalue weighted by molar-refractivity contribution is -0.161. The van der Waals surface area contributed by atoms with Crippen molar-refractivity contribution in [3.8, 4) is 0 Å². The summed E-state index contributed by atoms with van der Waals surface area (Å²) in [7, 11) is 0. The Morgan fingerprint density at radius 1 is 0.571 bits per heavy atom. The highest BCUT2D eigenvalue weighted by Gasteiger charge is 2.16. The quantitative estimate of drug-likeness (QED) is 0.0302. The van der Waals surface area contributed by atoms with Crippen LogP contribution >= 0.6 is 0 Å². The van der Waals surface area contributed by atoms with Crippen molar-refractivity contribution >= 4 is 17.7 Å². The third-order valence-electron chi connectivity index (χ3n) is 9.15. The molecule has 0 aliphatic heterocycles. The van der Waals surface area contributed by atoms with E-state index in [1.54, 1.807) is 6.08 Å². The van der Waals surface area contributed by atoms with Crippen LogP contribution in [-0.4, -0.2) is 42.1 Å². The molecule has 0 bridgehead atoms. The number of unbranched alkanes of at least 4 members (excludes halogenated alkanes) is 22. The van der Waals surface area contributed by atoms with Gasteiger partial charge in [-0.15, -0.1) is 0 Å². The Kier molecular flexibility index (Phi) is 35.8. The Balaban J connectivity index is 3.59. The van der Waals surface area contributed by atoms with Crippen molar-refractivity contribution in [2.75, 3.05) is 13.2 Å². The molecule has 6 heteroatoms. The standard InChI is InChI=1S/C43H78O6/c1-4-5-6-7-18-23-28-33-40(45)34-29-24-21-26-31-36-43(47)49-41(37-44)38-48-42(46)35-30-25-20-17-15-13-11-9-8-10-12-14-16-19-22-27-32-39(2)3/h18,23,28,33,39,41,44H,4-17,19-22,24-27,29-32,34-38H2,1-3H3/b23-18-,33-28+/t41-/m0/s1. The molecule has 0 aromatic carbocycles. The van der Waals surface area contributed by atoms with Gasteiger partial charge in [-0.1, -0.05) is 174 Å². The summed E-state index contributed by atoms with van der Waals surface area (Å²) in [6.45, 7) is 6.36. The minimum atomic E-state index is -0.814. The smallest absolute Gasteiger partial charge is 0.306 e. The predicted molar refractivity (Wildman–Crippen MR) is 206 cm³/mol. The van der Waals surface area contributed by atoms with Gasteiger partial charge in [-0.25, -0.2) is 0 Å². The van der Waals surface area contributed by atoms with E-state index in [0.29, 0.717) is 19.3 Å². The molecule has 6 nitrogen and oxygen atoms in total. The molecule has 0 fully saturated rings. The van der Waals surface area contributed by atoms with Gasteiger partial charge in [0.15, 0.2) is 11.9 Å². The van der Waals surface area contributed by atoms with Crippen LogP contribution in [0.3, 0.4) is 0 Å². The Bertz CT molecular complexity index is 817. The highest BCUT2D eigenvalue weighted by Crippen LogP contribution is 2.16. The van der Waals surface area contributed by atoms with Crippen molar-refractivity contribution < 1.29 is 29.0 Å². The van der Waals surface area contributed by atoms with Crippen LogP contribution < -0.4 is 0 Å². The Hall–Kier alpha value is -1.95. The number of ether oxygens (including phenoxy) is 2. The number of esters is 2.